The molecule has 2 rings (SSSR count). The molecule has 0 aromatic rings. The summed E-state index contributed by atoms with van der Waals surface area (Å²) in [6.07, 6.45) is -4.05. The van der Waals surface area contributed by atoms with Crippen molar-refractivity contribution in [1.82, 2.24) is 9.80 Å². The predicted molar refractivity (Wildman–Crippen MR) is 77.9 cm³/mol. The fourth-order valence-corrected chi connectivity index (χ4v) is 3.47. The van der Waals surface area contributed by atoms with E-state index >= 15 is 0 Å². The molecule has 1 amide bonds. The van der Waals surface area contributed by atoms with Gasteiger partial charge in [-0.05, 0) is 37.8 Å². The molecule has 5 nitrogen and oxygen atoms in total. The number of hydrogen-bond donors (Lipinski definition) is 1. The second-order valence-electron chi connectivity index (χ2n) is 6.67. The first-order valence-corrected chi connectivity index (χ1v) is 8.00. The molecule has 0 aliphatic carbocycles. The van der Waals surface area contributed by atoms with Crippen molar-refractivity contribution in [3.63, 3.8) is 0 Å². The van der Waals surface area contributed by atoms with Crippen molar-refractivity contribution in [2.24, 2.45) is 5.41 Å². The number of β-amino-alcohol motifs (C(OH)–C–C–N with tert-alkyl or cyclic N) is 1. The van der Waals surface area contributed by atoms with Crippen molar-refractivity contribution in [3.05, 3.63) is 0 Å². The molecule has 1 N–H and O–H groups in total. The Labute approximate surface area is 134 Å². The number of carbonyl (C=O) groups is 1. The molecule has 0 saturated carbocycles. The van der Waals surface area contributed by atoms with Gasteiger partial charge in [-0.25, -0.2) is 0 Å². The van der Waals surface area contributed by atoms with Gasteiger partial charge in [0.25, 0.3) is 0 Å². The highest BCUT2D eigenvalue weighted by molar-refractivity contribution is 5.77. The second kappa shape index (κ2) is 7.36. The molecule has 1 spiro atoms. The minimum Gasteiger partial charge on any atom is -0.383 e. The molecule has 0 radical (unpaired) electrons. The number of piperidine rings is 2. The number of rotatable bonds is 5. The number of ether oxygens (including phenoxy) is 1. The fraction of sp³-hybridized carbons (Fsp3) is 0.933. The highest BCUT2D eigenvalue weighted by Crippen LogP contribution is 2.40. The number of methoxy groups -OCH3 is 1. The topological polar surface area (TPSA) is 53.0 Å². The molecule has 0 aromatic heterocycles. The minimum absolute atomic E-state index is 0.00133. The molecular formula is C15H25F3N2O3. The van der Waals surface area contributed by atoms with Crippen molar-refractivity contribution in [2.75, 3.05) is 46.4 Å². The van der Waals surface area contributed by atoms with E-state index in [1.165, 1.54) is 0 Å². The summed E-state index contributed by atoms with van der Waals surface area (Å²) in [5, 5.41) is 9.18. The number of hydrogen-bond acceptors (Lipinski definition) is 4. The number of aliphatic hydroxyl groups is 1. The molecule has 2 fully saturated rings. The summed E-state index contributed by atoms with van der Waals surface area (Å²) >= 11 is 0. The fourth-order valence-electron chi connectivity index (χ4n) is 3.47. The van der Waals surface area contributed by atoms with Crippen molar-refractivity contribution in [2.45, 2.75) is 38.0 Å². The van der Waals surface area contributed by atoms with Crippen LogP contribution >= 0.6 is 0 Å². The largest absolute Gasteiger partial charge is 0.415 e. The summed E-state index contributed by atoms with van der Waals surface area (Å²) in [6, 6.07) is 0. The van der Waals surface area contributed by atoms with Crippen LogP contribution in [0.4, 0.5) is 13.2 Å². The number of carbonyl (C=O) groups excluding carboxylic acids is 1. The van der Waals surface area contributed by atoms with E-state index < -0.39 is 12.3 Å². The average molecular weight is 338 g/mol. The van der Waals surface area contributed by atoms with Crippen molar-refractivity contribution >= 4 is 5.91 Å². The average Bonchev–Trinajstić information content (AvgIpc) is 2.50. The van der Waals surface area contributed by atoms with Crippen molar-refractivity contribution < 1.29 is 27.8 Å². The van der Waals surface area contributed by atoms with Gasteiger partial charge in [0.2, 0.25) is 5.91 Å². The summed E-state index contributed by atoms with van der Waals surface area (Å²) in [5.41, 5.74) is 0.00133. The maximum absolute atomic E-state index is 12.4. The lowest BCUT2D eigenvalue weighted by Crippen LogP contribution is -2.53. The summed E-state index contributed by atoms with van der Waals surface area (Å²) in [5.74, 6) is 0.127. The number of amides is 1. The number of nitrogens with zero attached hydrogens (tertiary/aromatic N) is 2. The number of aliphatic hydroxyl groups excluding tert-OH is 1. The normalized spacial score (nSPS) is 24.2. The zero-order chi connectivity index (χ0) is 17.1. The van der Waals surface area contributed by atoms with E-state index in [4.69, 9.17) is 4.74 Å². The van der Waals surface area contributed by atoms with Gasteiger partial charge in [0.05, 0.1) is 6.61 Å². The van der Waals surface area contributed by atoms with Gasteiger partial charge in [-0.1, -0.05) is 0 Å². The first kappa shape index (κ1) is 18.5. The first-order chi connectivity index (χ1) is 10.8. The van der Waals surface area contributed by atoms with Crippen LogP contribution in [0, 0.1) is 5.41 Å². The lowest BCUT2D eigenvalue weighted by Gasteiger charge is -2.47. The van der Waals surface area contributed by atoms with Crippen LogP contribution in [-0.4, -0.2) is 79.5 Å². The van der Waals surface area contributed by atoms with Gasteiger partial charge in [0.15, 0.2) is 6.10 Å². The van der Waals surface area contributed by atoms with Crippen LogP contribution < -0.4 is 0 Å². The maximum Gasteiger partial charge on any atom is 0.415 e. The number of halogens is 3. The molecule has 8 heteroatoms. The molecule has 2 aliphatic rings. The molecule has 0 bridgehead atoms. The lowest BCUT2D eigenvalue weighted by atomic mass is 9.72. The van der Waals surface area contributed by atoms with Gasteiger partial charge in [-0.2, -0.15) is 13.2 Å². The van der Waals surface area contributed by atoms with Gasteiger partial charge in [-0.3, -0.25) is 4.79 Å². The first-order valence-electron chi connectivity index (χ1n) is 8.00. The Bertz CT molecular complexity index is 409. The molecule has 2 heterocycles. The monoisotopic (exact) mass is 338 g/mol. The minimum atomic E-state index is -4.57. The molecule has 0 unspecified atom stereocenters. The molecule has 2 saturated heterocycles. The Morgan fingerprint density at radius 1 is 1.30 bits per heavy atom. The molecule has 2 aliphatic heterocycles. The highest BCUT2D eigenvalue weighted by atomic mass is 19.4. The van der Waals surface area contributed by atoms with Gasteiger partial charge < -0.3 is 19.6 Å². The van der Waals surface area contributed by atoms with E-state index in [9.17, 15) is 23.1 Å². The highest BCUT2D eigenvalue weighted by Gasteiger charge is 2.43. The number of alkyl halides is 3. The van der Waals surface area contributed by atoms with E-state index in [1.54, 1.807) is 12.0 Å². The molecule has 1 atom stereocenters. The summed E-state index contributed by atoms with van der Waals surface area (Å²) < 4.78 is 42.3. The number of likely N-dealkylation sites (tertiary alicyclic amines) is 2. The SMILES string of the molecule is COCCN1CC2(CCC1=O)CCN(C[C@H](O)C(F)(F)F)CC2. The zero-order valence-corrected chi connectivity index (χ0v) is 13.4. The van der Waals surface area contributed by atoms with Crippen LogP contribution in [-0.2, 0) is 9.53 Å². The van der Waals surface area contributed by atoms with Crippen LogP contribution in [0.15, 0.2) is 0 Å². The van der Waals surface area contributed by atoms with Crippen LogP contribution in [0.1, 0.15) is 25.7 Å². The van der Waals surface area contributed by atoms with Gasteiger partial charge in [0, 0.05) is 33.2 Å². The quantitative estimate of drug-likeness (QED) is 0.820. The van der Waals surface area contributed by atoms with Crippen LogP contribution in [0.5, 0.6) is 0 Å². The van der Waals surface area contributed by atoms with Crippen molar-refractivity contribution in [1.29, 1.82) is 0 Å². The van der Waals surface area contributed by atoms with Crippen LogP contribution in [0.3, 0.4) is 0 Å². The summed E-state index contributed by atoms with van der Waals surface area (Å²) in [6.45, 7) is 2.40. The standard InChI is InChI=1S/C15H25F3N2O3/c1-23-9-8-20-11-14(3-2-13(20)22)4-6-19(7-5-14)10-12(21)15(16,17)18/h12,21H,2-11H2,1H3/t12-/m0/s1. The Kier molecular flexibility index (Phi) is 5.91. The van der Waals surface area contributed by atoms with Gasteiger partial charge in [0.1, 0.15) is 0 Å². The third-order valence-corrected chi connectivity index (χ3v) is 5.04. The summed E-state index contributed by atoms with van der Waals surface area (Å²) in [4.78, 5) is 15.4. The maximum atomic E-state index is 12.4. The molecule has 134 valence electrons. The van der Waals surface area contributed by atoms with E-state index in [0.717, 1.165) is 19.3 Å². The van der Waals surface area contributed by atoms with E-state index in [2.05, 4.69) is 0 Å². The Balaban J connectivity index is 1.86. The van der Waals surface area contributed by atoms with Gasteiger partial charge in [-0.15, -0.1) is 0 Å². The molecule has 0 aromatic carbocycles. The molecule has 23 heavy (non-hydrogen) atoms. The third kappa shape index (κ3) is 4.81. The van der Waals surface area contributed by atoms with E-state index in [0.29, 0.717) is 39.2 Å². The zero-order valence-electron chi connectivity index (χ0n) is 13.4. The third-order valence-electron chi connectivity index (χ3n) is 5.04. The van der Waals surface area contributed by atoms with E-state index in [1.807, 2.05) is 4.90 Å². The smallest absolute Gasteiger partial charge is 0.383 e. The Morgan fingerprint density at radius 3 is 2.52 bits per heavy atom. The van der Waals surface area contributed by atoms with E-state index in [-0.39, 0.29) is 17.9 Å². The van der Waals surface area contributed by atoms with Crippen LogP contribution in [0.25, 0.3) is 0 Å². The second-order valence-corrected chi connectivity index (χ2v) is 6.67. The Hall–Kier alpha value is -0.860. The molecular weight excluding hydrogens is 313 g/mol. The Morgan fingerprint density at radius 2 is 1.96 bits per heavy atom. The van der Waals surface area contributed by atoms with Gasteiger partial charge >= 0.3 is 6.18 Å². The summed E-state index contributed by atoms with van der Waals surface area (Å²) in [7, 11) is 1.59. The lowest BCUT2D eigenvalue weighted by molar-refractivity contribution is -0.209. The van der Waals surface area contributed by atoms with Crippen LogP contribution in [0.2, 0.25) is 0 Å². The predicted octanol–water partition coefficient (Wildman–Crippen LogP) is 1.26. The van der Waals surface area contributed by atoms with Crippen molar-refractivity contribution in [3.8, 4) is 0 Å².